The van der Waals surface area contributed by atoms with E-state index in [4.69, 9.17) is 4.74 Å². The Labute approximate surface area is 147 Å². The number of carbonyl (C=O) groups excluding carboxylic acids is 1. The Bertz CT molecular complexity index is 900. The molecule has 0 bridgehead atoms. The number of aromatic nitrogens is 2. The number of H-pyrrole nitrogens is 1. The number of hydrogen-bond acceptors (Lipinski definition) is 3. The molecule has 1 aliphatic rings. The number of benzene rings is 2. The molecule has 6 heteroatoms. The summed E-state index contributed by atoms with van der Waals surface area (Å²) in [5.41, 5.74) is 3.11. The number of nitrogens with one attached hydrogen (secondary N) is 2. The van der Waals surface area contributed by atoms with Gasteiger partial charge in [-0.15, -0.1) is 0 Å². The third kappa shape index (κ3) is 3.07. The molecule has 2 heterocycles. The van der Waals surface area contributed by atoms with Crippen LogP contribution in [0.1, 0.15) is 35.1 Å². The number of ether oxygens (including phenoxy) is 1. The zero-order chi connectivity index (χ0) is 16.5. The molecule has 1 amide bonds. The molecule has 0 saturated carbocycles. The van der Waals surface area contributed by atoms with E-state index in [0.717, 1.165) is 46.5 Å². The van der Waals surface area contributed by atoms with Crippen LogP contribution in [0.5, 0.6) is 0 Å². The highest BCUT2D eigenvalue weighted by atomic mass is 79.9. The van der Waals surface area contributed by atoms with Crippen LogP contribution in [0.2, 0.25) is 0 Å². The average Bonchev–Trinajstić information content (AvgIpc) is 3.23. The summed E-state index contributed by atoms with van der Waals surface area (Å²) in [4.78, 5) is 20.2. The molecule has 2 N–H and O–H groups in total. The average molecular weight is 386 g/mol. The minimum atomic E-state index is -0.144. The summed E-state index contributed by atoms with van der Waals surface area (Å²) in [6, 6.07) is 13.0. The second-order valence-electron chi connectivity index (χ2n) is 5.82. The molecule has 0 radical (unpaired) electrons. The molecule has 3 aromatic rings. The Balaban J connectivity index is 1.57. The van der Waals surface area contributed by atoms with Gasteiger partial charge in [0.05, 0.1) is 11.0 Å². The largest absolute Gasteiger partial charge is 0.370 e. The maximum Gasteiger partial charge on any atom is 0.255 e. The predicted octanol–water partition coefficient (Wildman–Crippen LogP) is 4.43. The molecule has 5 nitrogen and oxygen atoms in total. The molecule has 1 atom stereocenters. The second-order valence-corrected chi connectivity index (χ2v) is 6.74. The SMILES string of the molecule is O=C(Nc1ccc2nc([C@H]3CCCO3)[nH]c2c1)c1cccc(Br)c1. The van der Waals surface area contributed by atoms with Gasteiger partial charge in [0, 0.05) is 22.3 Å². The van der Waals surface area contributed by atoms with Gasteiger partial charge >= 0.3 is 0 Å². The molecule has 0 unspecified atom stereocenters. The van der Waals surface area contributed by atoms with Crippen molar-refractivity contribution in [1.82, 2.24) is 9.97 Å². The zero-order valence-electron chi connectivity index (χ0n) is 12.9. The Morgan fingerprint density at radius 2 is 2.21 bits per heavy atom. The van der Waals surface area contributed by atoms with Crippen molar-refractivity contribution in [2.45, 2.75) is 18.9 Å². The van der Waals surface area contributed by atoms with Crippen LogP contribution in [0.15, 0.2) is 46.9 Å². The van der Waals surface area contributed by atoms with Crippen LogP contribution >= 0.6 is 15.9 Å². The summed E-state index contributed by atoms with van der Waals surface area (Å²) >= 11 is 3.38. The number of rotatable bonds is 3. The first-order valence-corrected chi connectivity index (χ1v) is 8.66. The first-order chi connectivity index (χ1) is 11.7. The van der Waals surface area contributed by atoms with E-state index in [-0.39, 0.29) is 12.0 Å². The fourth-order valence-electron chi connectivity index (χ4n) is 2.89. The zero-order valence-corrected chi connectivity index (χ0v) is 14.5. The number of halogens is 1. The minimum absolute atomic E-state index is 0.0529. The summed E-state index contributed by atoms with van der Waals surface area (Å²) in [6.07, 6.45) is 2.11. The Morgan fingerprint density at radius 3 is 3.00 bits per heavy atom. The Hall–Kier alpha value is -2.18. The van der Waals surface area contributed by atoms with Crippen molar-refractivity contribution < 1.29 is 9.53 Å². The standard InChI is InChI=1S/C18H16BrN3O2/c19-12-4-1-3-11(9-12)18(23)20-13-6-7-14-15(10-13)22-17(21-14)16-5-2-8-24-16/h1,3-4,6-7,9-10,16H,2,5,8H2,(H,20,23)(H,21,22)/t16-/m1/s1. The van der Waals surface area contributed by atoms with E-state index in [2.05, 4.69) is 31.2 Å². The molecule has 122 valence electrons. The molecule has 0 spiro atoms. The van der Waals surface area contributed by atoms with Gasteiger partial charge in [-0.3, -0.25) is 4.79 Å². The summed E-state index contributed by atoms with van der Waals surface area (Å²) in [7, 11) is 0. The highest BCUT2D eigenvalue weighted by Gasteiger charge is 2.21. The fraction of sp³-hybridized carbons (Fsp3) is 0.222. The van der Waals surface area contributed by atoms with Crippen LogP contribution in [-0.2, 0) is 4.74 Å². The molecule has 0 aliphatic carbocycles. The van der Waals surface area contributed by atoms with E-state index in [1.807, 2.05) is 30.3 Å². The molecule has 1 aromatic heterocycles. The molecular formula is C18H16BrN3O2. The van der Waals surface area contributed by atoms with Crippen molar-refractivity contribution in [3.8, 4) is 0 Å². The number of fused-ring (bicyclic) bond motifs is 1. The second kappa shape index (κ2) is 6.37. The maximum absolute atomic E-state index is 12.3. The molecule has 1 saturated heterocycles. The van der Waals surface area contributed by atoms with Crippen LogP contribution in [0, 0.1) is 0 Å². The molecule has 1 aliphatic heterocycles. The number of aromatic amines is 1. The van der Waals surface area contributed by atoms with Gasteiger partial charge in [-0.25, -0.2) is 4.98 Å². The quantitative estimate of drug-likeness (QED) is 0.700. The lowest BCUT2D eigenvalue weighted by Gasteiger charge is -2.05. The van der Waals surface area contributed by atoms with Gasteiger partial charge in [-0.05, 0) is 49.2 Å². The van der Waals surface area contributed by atoms with Gasteiger partial charge in [-0.2, -0.15) is 0 Å². The monoisotopic (exact) mass is 385 g/mol. The van der Waals surface area contributed by atoms with E-state index in [9.17, 15) is 4.79 Å². The lowest BCUT2D eigenvalue weighted by atomic mass is 10.2. The fourth-order valence-corrected chi connectivity index (χ4v) is 3.29. The molecule has 1 fully saturated rings. The van der Waals surface area contributed by atoms with Crippen molar-refractivity contribution in [3.63, 3.8) is 0 Å². The summed E-state index contributed by atoms with van der Waals surface area (Å²) in [5, 5.41) is 2.92. The first kappa shape index (κ1) is 15.4. The lowest BCUT2D eigenvalue weighted by Crippen LogP contribution is -2.11. The van der Waals surface area contributed by atoms with Crippen LogP contribution in [0.3, 0.4) is 0 Å². The van der Waals surface area contributed by atoms with E-state index in [1.54, 1.807) is 12.1 Å². The van der Waals surface area contributed by atoms with Crippen LogP contribution in [0.25, 0.3) is 11.0 Å². The van der Waals surface area contributed by atoms with Gasteiger partial charge in [0.2, 0.25) is 0 Å². The van der Waals surface area contributed by atoms with Crippen LogP contribution in [0.4, 0.5) is 5.69 Å². The van der Waals surface area contributed by atoms with Gasteiger partial charge < -0.3 is 15.0 Å². The van der Waals surface area contributed by atoms with Crippen molar-refractivity contribution in [2.24, 2.45) is 0 Å². The number of hydrogen-bond donors (Lipinski definition) is 2. The van der Waals surface area contributed by atoms with E-state index in [1.165, 1.54) is 0 Å². The third-order valence-electron chi connectivity index (χ3n) is 4.08. The highest BCUT2D eigenvalue weighted by molar-refractivity contribution is 9.10. The van der Waals surface area contributed by atoms with Gasteiger partial charge in [0.15, 0.2) is 0 Å². The lowest BCUT2D eigenvalue weighted by molar-refractivity contribution is 0.102. The molecule has 24 heavy (non-hydrogen) atoms. The predicted molar refractivity (Wildman–Crippen MR) is 96.1 cm³/mol. The van der Waals surface area contributed by atoms with Crippen molar-refractivity contribution >= 4 is 38.6 Å². The van der Waals surface area contributed by atoms with Gasteiger partial charge in [0.25, 0.3) is 5.91 Å². The van der Waals surface area contributed by atoms with Crippen molar-refractivity contribution in [3.05, 3.63) is 58.3 Å². The minimum Gasteiger partial charge on any atom is -0.370 e. The van der Waals surface area contributed by atoms with Gasteiger partial charge in [-0.1, -0.05) is 22.0 Å². The van der Waals surface area contributed by atoms with Crippen LogP contribution in [-0.4, -0.2) is 22.5 Å². The number of nitrogens with zero attached hydrogens (tertiary/aromatic N) is 1. The number of amides is 1. The van der Waals surface area contributed by atoms with Crippen molar-refractivity contribution in [1.29, 1.82) is 0 Å². The van der Waals surface area contributed by atoms with E-state index >= 15 is 0 Å². The van der Waals surface area contributed by atoms with Gasteiger partial charge in [0.1, 0.15) is 11.9 Å². The molecule has 4 rings (SSSR count). The number of imidazole rings is 1. The third-order valence-corrected chi connectivity index (χ3v) is 4.57. The highest BCUT2D eigenvalue weighted by Crippen LogP contribution is 2.28. The normalized spacial score (nSPS) is 17.3. The Kier molecular flexibility index (Phi) is 4.08. The molecule has 2 aromatic carbocycles. The van der Waals surface area contributed by atoms with E-state index in [0.29, 0.717) is 5.56 Å². The summed E-state index contributed by atoms with van der Waals surface area (Å²) in [5.74, 6) is 0.715. The topological polar surface area (TPSA) is 67.0 Å². The van der Waals surface area contributed by atoms with Crippen molar-refractivity contribution in [2.75, 3.05) is 11.9 Å². The molecular weight excluding hydrogens is 370 g/mol. The Morgan fingerprint density at radius 1 is 1.29 bits per heavy atom. The smallest absolute Gasteiger partial charge is 0.255 e. The number of anilines is 1. The maximum atomic E-state index is 12.3. The summed E-state index contributed by atoms with van der Waals surface area (Å²) < 4.78 is 6.54. The van der Waals surface area contributed by atoms with Crippen LogP contribution < -0.4 is 5.32 Å². The van der Waals surface area contributed by atoms with E-state index < -0.39 is 0 Å². The number of carbonyl (C=O) groups is 1. The summed E-state index contributed by atoms with van der Waals surface area (Å²) in [6.45, 7) is 0.787. The first-order valence-electron chi connectivity index (χ1n) is 7.87.